The van der Waals surface area contributed by atoms with E-state index in [1.807, 2.05) is 0 Å². The molecule has 1 rings (SSSR count). The molecule has 0 saturated heterocycles. The van der Waals surface area contributed by atoms with Crippen LogP contribution in [-0.4, -0.2) is 33.9 Å². The lowest BCUT2D eigenvalue weighted by Gasteiger charge is -2.06. The summed E-state index contributed by atoms with van der Waals surface area (Å²) in [5.41, 5.74) is -0.298. The number of rotatable bonds is 5. The van der Waals surface area contributed by atoms with Crippen molar-refractivity contribution in [1.29, 1.82) is 0 Å². The number of aliphatic carboxylic acids is 1. The van der Waals surface area contributed by atoms with E-state index in [4.69, 9.17) is 5.11 Å². The molecule has 0 spiro atoms. The molecular weight excluding hydrogens is 214 g/mol. The van der Waals surface area contributed by atoms with E-state index in [0.29, 0.717) is 6.42 Å². The van der Waals surface area contributed by atoms with Crippen LogP contribution >= 0.6 is 0 Å². The maximum atomic E-state index is 11.5. The van der Waals surface area contributed by atoms with Crippen molar-refractivity contribution < 1.29 is 24.6 Å². The zero-order valence-electron chi connectivity index (χ0n) is 8.82. The van der Waals surface area contributed by atoms with E-state index >= 15 is 0 Å². The van der Waals surface area contributed by atoms with Crippen LogP contribution in [0.3, 0.4) is 0 Å². The standard InChI is InChI=1S/C10H13NO5/c1-2-3-6(12)8-9(15)5(4-7(13)14)11-10(8)16/h5,15H,2-4H2,1H3,(H,11,16)(H,13,14)/t5-/m0/s1. The van der Waals surface area contributed by atoms with Crippen molar-refractivity contribution in [2.75, 3.05) is 0 Å². The fraction of sp³-hybridized carbons (Fsp3) is 0.500. The van der Waals surface area contributed by atoms with E-state index in [1.54, 1.807) is 6.92 Å². The number of nitrogens with one attached hydrogen (secondary N) is 1. The SMILES string of the molecule is CCCC(=O)C1=C(O)[C@H](CC(=O)O)NC1=O. The number of hydrogen-bond acceptors (Lipinski definition) is 4. The second-order valence-corrected chi connectivity index (χ2v) is 3.56. The summed E-state index contributed by atoms with van der Waals surface area (Å²) in [6.07, 6.45) is 0.291. The van der Waals surface area contributed by atoms with Crippen LogP contribution in [0.1, 0.15) is 26.2 Å². The molecule has 0 saturated carbocycles. The Labute approximate surface area is 92.0 Å². The number of ketones is 1. The number of amides is 1. The van der Waals surface area contributed by atoms with Gasteiger partial charge < -0.3 is 15.5 Å². The van der Waals surface area contributed by atoms with Crippen molar-refractivity contribution >= 4 is 17.7 Å². The van der Waals surface area contributed by atoms with Gasteiger partial charge in [-0.15, -0.1) is 0 Å². The van der Waals surface area contributed by atoms with Crippen molar-refractivity contribution in [2.45, 2.75) is 32.2 Å². The number of carbonyl (C=O) groups excluding carboxylic acids is 2. The zero-order valence-corrected chi connectivity index (χ0v) is 8.82. The van der Waals surface area contributed by atoms with Crippen LogP contribution in [0.25, 0.3) is 0 Å². The van der Waals surface area contributed by atoms with E-state index in [0.717, 1.165) is 0 Å². The third-order valence-electron chi connectivity index (χ3n) is 2.25. The number of Topliss-reactive ketones (excluding diaryl/α,β-unsaturated/α-hetero) is 1. The lowest BCUT2D eigenvalue weighted by molar-refractivity contribution is -0.137. The highest BCUT2D eigenvalue weighted by Gasteiger charge is 2.36. The summed E-state index contributed by atoms with van der Waals surface area (Å²) in [5, 5.41) is 20.4. The summed E-state index contributed by atoms with van der Waals surface area (Å²) >= 11 is 0. The van der Waals surface area contributed by atoms with Crippen LogP contribution in [0.2, 0.25) is 0 Å². The lowest BCUT2D eigenvalue weighted by atomic mass is 10.1. The van der Waals surface area contributed by atoms with E-state index in [1.165, 1.54) is 0 Å². The number of aliphatic hydroxyl groups is 1. The Kier molecular flexibility index (Phi) is 3.65. The molecule has 3 N–H and O–H groups in total. The van der Waals surface area contributed by atoms with E-state index in [2.05, 4.69) is 5.32 Å². The smallest absolute Gasteiger partial charge is 0.305 e. The summed E-state index contributed by atoms with van der Waals surface area (Å²) in [5.74, 6) is -2.75. The average molecular weight is 227 g/mol. The molecule has 0 aromatic rings. The molecule has 88 valence electrons. The van der Waals surface area contributed by atoms with Crippen LogP contribution in [0.15, 0.2) is 11.3 Å². The third-order valence-corrected chi connectivity index (χ3v) is 2.25. The van der Waals surface area contributed by atoms with E-state index in [9.17, 15) is 19.5 Å². The van der Waals surface area contributed by atoms with Crippen molar-refractivity contribution in [2.24, 2.45) is 0 Å². The highest BCUT2D eigenvalue weighted by atomic mass is 16.4. The fourth-order valence-corrected chi connectivity index (χ4v) is 1.53. The van der Waals surface area contributed by atoms with Crippen LogP contribution in [0.5, 0.6) is 0 Å². The number of aliphatic hydroxyl groups excluding tert-OH is 1. The predicted molar refractivity (Wildman–Crippen MR) is 53.8 cm³/mol. The largest absolute Gasteiger partial charge is 0.509 e. The summed E-state index contributed by atoms with van der Waals surface area (Å²) in [4.78, 5) is 33.3. The monoisotopic (exact) mass is 227 g/mol. The van der Waals surface area contributed by atoms with Gasteiger partial charge in [-0.05, 0) is 6.42 Å². The first-order chi connectivity index (χ1) is 7.47. The Balaban J connectivity index is 2.88. The highest BCUT2D eigenvalue weighted by Crippen LogP contribution is 2.19. The first-order valence-corrected chi connectivity index (χ1v) is 4.96. The molecule has 1 atom stereocenters. The molecule has 0 unspecified atom stereocenters. The molecular formula is C10H13NO5. The first-order valence-electron chi connectivity index (χ1n) is 4.96. The summed E-state index contributed by atoms with van der Waals surface area (Å²) < 4.78 is 0. The van der Waals surface area contributed by atoms with E-state index in [-0.39, 0.29) is 12.0 Å². The molecule has 6 heteroatoms. The molecule has 1 heterocycles. The van der Waals surface area contributed by atoms with Crippen molar-refractivity contribution in [3.63, 3.8) is 0 Å². The Bertz CT molecular complexity index is 371. The van der Waals surface area contributed by atoms with Crippen molar-refractivity contribution in [3.8, 4) is 0 Å². The average Bonchev–Trinajstić information content (AvgIpc) is 2.41. The Morgan fingerprint density at radius 2 is 2.06 bits per heavy atom. The second kappa shape index (κ2) is 4.78. The van der Waals surface area contributed by atoms with Gasteiger partial charge in [-0.1, -0.05) is 6.92 Å². The molecule has 0 radical (unpaired) electrons. The third kappa shape index (κ3) is 2.39. The van der Waals surface area contributed by atoms with Gasteiger partial charge in [0.25, 0.3) is 5.91 Å². The minimum Gasteiger partial charge on any atom is -0.509 e. The van der Waals surface area contributed by atoms with Crippen LogP contribution in [0.4, 0.5) is 0 Å². The maximum Gasteiger partial charge on any atom is 0.305 e. The van der Waals surface area contributed by atoms with Gasteiger partial charge in [-0.25, -0.2) is 0 Å². The molecule has 16 heavy (non-hydrogen) atoms. The topological polar surface area (TPSA) is 104 Å². The van der Waals surface area contributed by atoms with Gasteiger partial charge in [0, 0.05) is 6.42 Å². The van der Waals surface area contributed by atoms with Gasteiger partial charge in [0.1, 0.15) is 11.3 Å². The minimum absolute atomic E-state index is 0.159. The van der Waals surface area contributed by atoms with E-state index < -0.39 is 35.9 Å². The zero-order chi connectivity index (χ0) is 12.3. The lowest BCUT2D eigenvalue weighted by Crippen LogP contribution is -2.31. The number of hydrogen-bond donors (Lipinski definition) is 3. The van der Waals surface area contributed by atoms with Gasteiger partial charge in [0.2, 0.25) is 0 Å². The van der Waals surface area contributed by atoms with Gasteiger partial charge in [-0.2, -0.15) is 0 Å². The Morgan fingerprint density at radius 1 is 1.44 bits per heavy atom. The molecule has 0 aliphatic carbocycles. The van der Waals surface area contributed by atoms with Crippen molar-refractivity contribution in [1.82, 2.24) is 5.32 Å². The van der Waals surface area contributed by atoms with Gasteiger partial charge in [0.05, 0.1) is 12.5 Å². The Morgan fingerprint density at radius 3 is 2.56 bits per heavy atom. The van der Waals surface area contributed by atoms with Gasteiger partial charge in [0.15, 0.2) is 5.78 Å². The molecule has 1 aliphatic heterocycles. The molecule has 1 amide bonds. The molecule has 0 aromatic carbocycles. The summed E-state index contributed by atoms with van der Waals surface area (Å²) in [6, 6.07) is -0.985. The fourth-order valence-electron chi connectivity index (χ4n) is 1.53. The number of carboxylic acids is 1. The highest BCUT2D eigenvalue weighted by molar-refractivity contribution is 6.21. The Hall–Kier alpha value is -1.85. The molecule has 1 aliphatic rings. The molecule has 0 bridgehead atoms. The van der Waals surface area contributed by atoms with Gasteiger partial charge >= 0.3 is 5.97 Å². The van der Waals surface area contributed by atoms with Crippen LogP contribution in [0, 0.1) is 0 Å². The number of carbonyl (C=O) groups is 3. The minimum atomic E-state index is -1.15. The summed E-state index contributed by atoms with van der Waals surface area (Å²) in [6.45, 7) is 1.77. The molecule has 0 fully saturated rings. The maximum absolute atomic E-state index is 11.5. The molecule has 0 aromatic heterocycles. The molecule has 6 nitrogen and oxygen atoms in total. The predicted octanol–water partition coefficient (Wildman–Crippen LogP) is 0.141. The van der Waals surface area contributed by atoms with Crippen LogP contribution in [-0.2, 0) is 14.4 Å². The van der Waals surface area contributed by atoms with Crippen molar-refractivity contribution in [3.05, 3.63) is 11.3 Å². The van der Waals surface area contributed by atoms with Crippen LogP contribution < -0.4 is 5.32 Å². The second-order valence-electron chi connectivity index (χ2n) is 3.56. The summed E-state index contributed by atoms with van der Waals surface area (Å²) in [7, 11) is 0. The normalized spacial score (nSPS) is 19.8. The number of carboxylic acid groups (broad SMARTS) is 1. The van der Waals surface area contributed by atoms with Gasteiger partial charge in [-0.3, -0.25) is 14.4 Å². The first kappa shape index (κ1) is 12.2. The quantitative estimate of drug-likeness (QED) is 0.579.